The lowest BCUT2D eigenvalue weighted by atomic mass is 10.1. The minimum Gasteiger partial charge on any atom is -0.467 e. The summed E-state index contributed by atoms with van der Waals surface area (Å²) < 4.78 is 5.13. The van der Waals surface area contributed by atoms with Crippen LogP contribution in [0.25, 0.3) is 6.08 Å². The van der Waals surface area contributed by atoms with Crippen molar-refractivity contribution in [3.8, 4) is 6.07 Å². The maximum Gasteiger partial charge on any atom is 0.262 e. The molecule has 0 aliphatic rings. The van der Waals surface area contributed by atoms with Crippen molar-refractivity contribution in [3.63, 3.8) is 0 Å². The molecule has 1 aromatic carbocycles. The maximum atomic E-state index is 12.0. The summed E-state index contributed by atoms with van der Waals surface area (Å²) in [6.45, 7) is 2.11. The molecule has 0 saturated heterocycles. The predicted molar refractivity (Wildman–Crippen MR) is 84.3 cm³/mol. The van der Waals surface area contributed by atoms with Crippen LogP contribution in [0.4, 0.5) is 0 Å². The summed E-state index contributed by atoms with van der Waals surface area (Å²) in [7, 11) is 0. The molecule has 4 heteroatoms. The molecule has 1 aromatic heterocycles. The van der Waals surface area contributed by atoms with Crippen LogP contribution in [0.2, 0.25) is 0 Å². The normalized spacial score (nSPS) is 11.8. The Kier molecular flexibility index (Phi) is 5.33. The van der Waals surface area contributed by atoms with Crippen LogP contribution in [0.1, 0.15) is 18.2 Å². The number of benzene rings is 1. The number of amides is 1. The van der Waals surface area contributed by atoms with Crippen molar-refractivity contribution in [1.82, 2.24) is 5.32 Å². The van der Waals surface area contributed by atoms with E-state index in [-0.39, 0.29) is 12.1 Å². The topological polar surface area (TPSA) is 66.0 Å². The molecule has 1 N–H and O–H groups in total. The molecule has 0 spiro atoms. The van der Waals surface area contributed by atoms with Crippen LogP contribution in [0.15, 0.2) is 70.4 Å². The molecule has 1 heterocycles. The number of furan rings is 1. The van der Waals surface area contributed by atoms with Crippen molar-refractivity contribution >= 4 is 12.0 Å². The van der Waals surface area contributed by atoms with Crippen LogP contribution in [0, 0.1) is 11.3 Å². The highest BCUT2D eigenvalue weighted by Gasteiger charge is 2.09. The average Bonchev–Trinajstić information content (AvgIpc) is 3.04. The van der Waals surface area contributed by atoms with Gasteiger partial charge in [-0.05, 0) is 36.3 Å². The molecule has 0 aliphatic heterocycles. The molecule has 0 radical (unpaired) electrons. The second-order valence-corrected chi connectivity index (χ2v) is 4.73. The van der Waals surface area contributed by atoms with Crippen molar-refractivity contribution in [2.75, 3.05) is 0 Å². The summed E-state index contributed by atoms with van der Waals surface area (Å²) in [4.78, 5) is 12.0. The summed E-state index contributed by atoms with van der Waals surface area (Å²) in [5.41, 5.74) is 1.91. The Morgan fingerprint density at radius 2 is 2.05 bits per heavy atom. The number of nitrogens with one attached hydrogen (secondary N) is 1. The largest absolute Gasteiger partial charge is 0.467 e. The Bertz CT molecular complexity index is 720. The van der Waals surface area contributed by atoms with Gasteiger partial charge in [0.15, 0.2) is 0 Å². The van der Waals surface area contributed by atoms with E-state index >= 15 is 0 Å². The third-order valence-electron chi connectivity index (χ3n) is 2.93. The van der Waals surface area contributed by atoms with E-state index in [0.29, 0.717) is 5.76 Å². The molecule has 1 amide bonds. The Hall–Kier alpha value is -3.06. The quantitative estimate of drug-likeness (QED) is 0.521. The van der Waals surface area contributed by atoms with E-state index in [4.69, 9.17) is 9.68 Å². The zero-order valence-corrected chi connectivity index (χ0v) is 12.2. The highest BCUT2D eigenvalue weighted by molar-refractivity contribution is 5.97. The van der Waals surface area contributed by atoms with Crippen molar-refractivity contribution < 1.29 is 9.21 Å². The molecule has 0 bridgehead atoms. The molecule has 2 rings (SSSR count). The molecule has 0 fully saturated rings. The zero-order chi connectivity index (χ0) is 15.8. The minimum absolute atomic E-state index is 0.0660. The van der Waals surface area contributed by atoms with Crippen LogP contribution in [-0.4, -0.2) is 5.91 Å². The highest BCUT2D eigenvalue weighted by atomic mass is 16.3. The summed E-state index contributed by atoms with van der Waals surface area (Å²) in [6, 6.07) is 15.2. The van der Waals surface area contributed by atoms with Gasteiger partial charge < -0.3 is 9.73 Å². The molecular weight excluding hydrogens is 276 g/mol. The van der Waals surface area contributed by atoms with Gasteiger partial charge in [-0.1, -0.05) is 36.4 Å². The molecule has 2 aromatic rings. The number of hydrogen-bond donors (Lipinski definition) is 1. The van der Waals surface area contributed by atoms with E-state index in [1.54, 1.807) is 18.2 Å². The standard InChI is InChI=1S/C18H16N2O2/c1-14(10-15-6-3-2-4-7-15)11-16(12-19)18(21)20-13-17-8-5-9-22-17/h2-11H,13H2,1H3,(H,20,21). The van der Waals surface area contributed by atoms with Crippen LogP contribution in [-0.2, 0) is 11.3 Å². The van der Waals surface area contributed by atoms with Crippen molar-refractivity contribution in [3.05, 3.63) is 77.3 Å². The smallest absolute Gasteiger partial charge is 0.262 e. The van der Waals surface area contributed by atoms with Crippen molar-refractivity contribution in [2.45, 2.75) is 13.5 Å². The minimum atomic E-state index is -0.417. The fourth-order valence-electron chi connectivity index (χ4n) is 1.91. The van der Waals surface area contributed by atoms with Gasteiger partial charge in [0.25, 0.3) is 5.91 Å². The predicted octanol–water partition coefficient (Wildman–Crippen LogP) is 3.45. The second-order valence-electron chi connectivity index (χ2n) is 4.73. The van der Waals surface area contributed by atoms with Gasteiger partial charge in [0.2, 0.25) is 0 Å². The maximum absolute atomic E-state index is 12.0. The number of nitriles is 1. The lowest BCUT2D eigenvalue weighted by Crippen LogP contribution is -2.23. The zero-order valence-electron chi connectivity index (χ0n) is 12.2. The first-order chi connectivity index (χ1) is 10.7. The van der Waals surface area contributed by atoms with E-state index in [0.717, 1.165) is 11.1 Å². The third-order valence-corrected chi connectivity index (χ3v) is 2.93. The lowest BCUT2D eigenvalue weighted by molar-refractivity contribution is -0.117. The molecule has 22 heavy (non-hydrogen) atoms. The van der Waals surface area contributed by atoms with Crippen molar-refractivity contribution in [1.29, 1.82) is 5.26 Å². The summed E-state index contributed by atoms with van der Waals surface area (Å²) in [5, 5.41) is 11.8. The van der Waals surface area contributed by atoms with Crippen LogP contribution < -0.4 is 5.32 Å². The van der Waals surface area contributed by atoms with E-state index in [9.17, 15) is 4.79 Å². The Labute approximate surface area is 129 Å². The molecule has 0 saturated carbocycles. The first-order valence-electron chi connectivity index (χ1n) is 6.85. The molecular formula is C18H16N2O2. The first-order valence-corrected chi connectivity index (χ1v) is 6.85. The number of hydrogen-bond acceptors (Lipinski definition) is 3. The van der Waals surface area contributed by atoms with Gasteiger partial charge in [0.1, 0.15) is 17.4 Å². The number of carbonyl (C=O) groups is 1. The van der Waals surface area contributed by atoms with Gasteiger partial charge in [-0.25, -0.2) is 0 Å². The molecule has 0 aliphatic carbocycles. The molecule has 0 unspecified atom stereocenters. The van der Waals surface area contributed by atoms with E-state index in [1.165, 1.54) is 6.26 Å². The average molecular weight is 292 g/mol. The summed E-state index contributed by atoms with van der Waals surface area (Å²) in [5.74, 6) is 0.224. The van der Waals surface area contributed by atoms with Crippen LogP contribution in [0.3, 0.4) is 0 Å². The second kappa shape index (κ2) is 7.65. The monoisotopic (exact) mass is 292 g/mol. The summed E-state index contributed by atoms with van der Waals surface area (Å²) >= 11 is 0. The molecule has 0 atom stereocenters. The first kappa shape index (κ1) is 15.3. The number of allylic oxidation sites excluding steroid dienone is 2. The number of rotatable bonds is 5. The van der Waals surface area contributed by atoms with E-state index < -0.39 is 5.91 Å². The van der Waals surface area contributed by atoms with Crippen LogP contribution >= 0.6 is 0 Å². The van der Waals surface area contributed by atoms with Gasteiger partial charge in [-0.2, -0.15) is 5.26 Å². The Morgan fingerprint density at radius 3 is 2.68 bits per heavy atom. The van der Waals surface area contributed by atoms with Gasteiger partial charge >= 0.3 is 0 Å². The molecule has 110 valence electrons. The number of nitrogens with zero attached hydrogens (tertiary/aromatic N) is 1. The van der Waals surface area contributed by atoms with Gasteiger partial charge in [0, 0.05) is 0 Å². The SMILES string of the molecule is CC(=Cc1ccccc1)C=C(C#N)C(=O)NCc1ccco1. The fraction of sp³-hybridized carbons (Fsp3) is 0.111. The van der Waals surface area contributed by atoms with E-state index in [2.05, 4.69) is 5.32 Å². The number of carbonyl (C=O) groups excluding carboxylic acids is 1. The lowest BCUT2D eigenvalue weighted by Gasteiger charge is -2.02. The van der Waals surface area contributed by atoms with Gasteiger partial charge in [-0.15, -0.1) is 0 Å². The molecule has 4 nitrogen and oxygen atoms in total. The van der Waals surface area contributed by atoms with Crippen molar-refractivity contribution in [2.24, 2.45) is 0 Å². The Morgan fingerprint density at radius 1 is 1.27 bits per heavy atom. The van der Waals surface area contributed by atoms with E-state index in [1.807, 2.05) is 49.4 Å². The highest BCUT2D eigenvalue weighted by Crippen LogP contribution is 2.09. The fourth-order valence-corrected chi connectivity index (χ4v) is 1.91. The van der Waals surface area contributed by atoms with Crippen LogP contribution in [0.5, 0.6) is 0 Å². The third kappa shape index (κ3) is 4.50. The van der Waals surface area contributed by atoms with Gasteiger partial charge in [0.05, 0.1) is 12.8 Å². The summed E-state index contributed by atoms with van der Waals surface area (Å²) in [6.07, 6.45) is 5.02. The Balaban J connectivity index is 2.05. The van der Waals surface area contributed by atoms with Gasteiger partial charge in [-0.3, -0.25) is 4.79 Å².